The van der Waals surface area contributed by atoms with E-state index in [9.17, 15) is 4.79 Å². The molecule has 1 fully saturated rings. The van der Waals surface area contributed by atoms with Gasteiger partial charge in [-0.1, -0.05) is 37.7 Å². The van der Waals surface area contributed by atoms with Crippen molar-refractivity contribution in [3.63, 3.8) is 0 Å². The Labute approximate surface area is 165 Å². The number of thioether (sulfide) groups is 1. The number of nitrogens with zero attached hydrogens (tertiary/aromatic N) is 3. The zero-order valence-electron chi connectivity index (χ0n) is 16.4. The van der Waals surface area contributed by atoms with Gasteiger partial charge in [-0.2, -0.15) is 0 Å². The van der Waals surface area contributed by atoms with Crippen molar-refractivity contribution in [1.82, 2.24) is 20.1 Å². The molecule has 7 heteroatoms. The summed E-state index contributed by atoms with van der Waals surface area (Å²) in [6.45, 7) is 6.99. The lowest BCUT2D eigenvalue weighted by atomic mass is 10.1. The molecular formula is C20H28N4O2S. The highest BCUT2D eigenvalue weighted by Gasteiger charge is 2.24. The minimum Gasteiger partial charge on any atom is -0.383 e. The number of rotatable bonds is 9. The zero-order chi connectivity index (χ0) is 19.4. The van der Waals surface area contributed by atoms with Crippen LogP contribution in [0.25, 0.3) is 0 Å². The Bertz CT molecular complexity index is 769. The summed E-state index contributed by atoms with van der Waals surface area (Å²) >= 11 is 1.66. The minimum atomic E-state index is 0.0198. The van der Waals surface area contributed by atoms with Crippen molar-refractivity contribution >= 4 is 17.7 Å². The van der Waals surface area contributed by atoms with Gasteiger partial charge < -0.3 is 14.6 Å². The molecule has 6 nitrogen and oxygen atoms in total. The molecule has 0 radical (unpaired) electrons. The molecule has 1 unspecified atom stereocenters. The van der Waals surface area contributed by atoms with E-state index < -0.39 is 0 Å². The molecule has 1 N–H and O–H groups in total. The van der Waals surface area contributed by atoms with Crippen LogP contribution in [0.5, 0.6) is 0 Å². The zero-order valence-corrected chi connectivity index (χ0v) is 17.3. The van der Waals surface area contributed by atoms with E-state index in [1.807, 2.05) is 24.3 Å². The Balaban J connectivity index is 1.66. The van der Waals surface area contributed by atoms with Crippen LogP contribution >= 0.6 is 11.8 Å². The Morgan fingerprint density at radius 2 is 1.96 bits per heavy atom. The first-order valence-corrected chi connectivity index (χ1v) is 10.4. The Morgan fingerprint density at radius 1 is 1.26 bits per heavy atom. The van der Waals surface area contributed by atoms with Gasteiger partial charge in [0.2, 0.25) is 0 Å². The predicted molar refractivity (Wildman–Crippen MR) is 107 cm³/mol. The van der Waals surface area contributed by atoms with E-state index in [0.717, 1.165) is 40.7 Å². The molecule has 0 aliphatic heterocycles. The highest BCUT2D eigenvalue weighted by molar-refractivity contribution is 7.98. The number of methoxy groups -OCH3 is 1. The number of carbonyl (C=O) groups is 1. The first-order valence-electron chi connectivity index (χ1n) is 9.46. The van der Waals surface area contributed by atoms with Gasteiger partial charge in [0.05, 0.1) is 12.6 Å². The summed E-state index contributed by atoms with van der Waals surface area (Å²) in [5.74, 6) is 2.08. The molecule has 3 rings (SSSR count). The summed E-state index contributed by atoms with van der Waals surface area (Å²) < 4.78 is 7.50. The van der Waals surface area contributed by atoms with Crippen molar-refractivity contribution in [2.24, 2.45) is 0 Å². The van der Waals surface area contributed by atoms with Crippen LogP contribution in [-0.4, -0.2) is 40.4 Å². The third kappa shape index (κ3) is 5.11. The maximum Gasteiger partial charge on any atom is 0.251 e. The van der Waals surface area contributed by atoms with Crippen LogP contribution in [0.3, 0.4) is 0 Å². The van der Waals surface area contributed by atoms with Crippen molar-refractivity contribution in [2.75, 3.05) is 13.7 Å². The second-order valence-corrected chi connectivity index (χ2v) is 8.35. The molecule has 27 heavy (non-hydrogen) atoms. The lowest BCUT2D eigenvalue weighted by molar-refractivity contribution is 0.0951. The standard InChI is InChI=1S/C20H28N4O2S/c1-13(2)18-22-23-20(24(18)14(3)11-26-4)27-12-15-5-7-16(8-6-15)19(25)21-17-9-10-17/h5-8,13-14,17H,9-12H2,1-4H3,(H,21,25). The summed E-state index contributed by atoms with van der Waals surface area (Å²) in [4.78, 5) is 12.1. The van der Waals surface area contributed by atoms with Crippen LogP contribution in [-0.2, 0) is 10.5 Å². The summed E-state index contributed by atoms with van der Waals surface area (Å²) in [5, 5.41) is 12.7. The molecule has 1 amide bonds. The number of hydrogen-bond acceptors (Lipinski definition) is 5. The molecule has 146 valence electrons. The van der Waals surface area contributed by atoms with Crippen molar-refractivity contribution in [3.8, 4) is 0 Å². The van der Waals surface area contributed by atoms with Gasteiger partial charge in [-0.15, -0.1) is 10.2 Å². The molecule has 1 atom stereocenters. The van der Waals surface area contributed by atoms with Gasteiger partial charge in [-0.05, 0) is 37.5 Å². The van der Waals surface area contributed by atoms with E-state index in [2.05, 4.69) is 40.9 Å². The van der Waals surface area contributed by atoms with Crippen LogP contribution in [0.1, 0.15) is 67.3 Å². The fourth-order valence-electron chi connectivity index (χ4n) is 2.91. The van der Waals surface area contributed by atoms with Crippen molar-refractivity contribution < 1.29 is 9.53 Å². The quantitative estimate of drug-likeness (QED) is 0.662. The van der Waals surface area contributed by atoms with Crippen molar-refractivity contribution in [3.05, 3.63) is 41.2 Å². The molecule has 1 aromatic heterocycles. The fraction of sp³-hybridized carbons (Fsp3) is 0.550. The molecule has 1 saturated carbocycles. The van der Waals surface area contributed by atoms with Crippen LogP contribution in [0.4, 0.5) is 0 Å². The highest BCUT2D eigenvalue weighted by atomic mass is 32.2. The number of aromatic nitrogens is 3. The van der Waals surface area contributed by atoms with Crippen molar-refractivity contribution in [2.45, 2.75) is 62.5 Å². The average Bonchev–Trinajstić information content (AvgIpc) is 3.35. The molecule has 0 spiro atoms. The van der Waals surface area contributed by atoms with E-state index in [-0.39, 0.29) is 11.9 Å². The number of carbonyl (C=O) groups excluding carboxylic acids is 1. The van der Waals surface area contributed by atoms with E-state index in [4.69, 9.17) is 4.74 Å². The maximum absolute atomic E-state index is 12.1. The minimum absolute atomic E-state index is 0.0198. The number of ether oxygens (including phenoxy) is 1. The topological polar surface area (TPSA) is 69.0 Å². The van der Waals surface area contributed by atoms with Gasteiger partial charge in [0.15, 0.2) is 5.16 Å². The third-order valence-corrected chi connectivity index (χ3v) is 5.57. The van der Waals surface area contributed by atoms with E-state index in [1.165, 1.54) is 0 Å². The third-order valence-electron chi connectivity index (χ3n) is 4.55. The highest BCUT2D eigenvalue weighted by Crippen LogP contribution is 2.28. The van der Waals surface area contributed by atoms with Crippen LogP contribution in [0, 0.1) is 0 Å². The van der Waals surface area contributed by atoms with Crippen LogP contribution < -0.4 is 5.32 Å². The van der Waals surface area contributed by atoms with Crippen LogP contribution in [0.15, 0.2) is 29.4 Å². The lowest BCUT2D eigenvalue weighted by Crippen LogP contribution is -2.25. The van der Waals surface area contributed by atoms with Gasteiger partial charge >= 0.3 is 0 Å². The molecule has 2 aromatic rings. The number of benzene rings is 1. The summed E-state index contributed by atoms with van der Waals surface area (Å²) in [5.41, 5.74) is 1.87. The SMILES string of the molecule is COCC(C)n1c(SCc2ccc(C(=O)NC3CC3)cc2)nnc1C(C)C. The number of hydrogen-bond donors (Lipinski definition) is 1. The van der Waals surface area contributed by atoms with E-state index in [0.29, 0.717) is 18.6 Å². The lowest BCUT2D eigenvalue weighted by Gasteiger charge is -2.18. The molecule has 1 aliphatic carbocycles. The maximum atomic E-state index is 12.1. The number of amides is 1. The van der Waals surface area contributed by atoms with E-state index in [1.54, 1.807) is 18.9 Å². The largest absolute Gasteiger partial charge is 0.383 e. The monoisotopic (exact) mass is 388 g/mol. The first-order chi connectivity index (χ1) is 13.0. The summed E-state index contributed by atoms with van der Waals surface area (Å²) in [6.07, 6.45) is 2.20. The van der Waals surface area contributed by atoms with Gasteiger partial charge in [-0.3, -0.25) is 4.79 Å². The first kappa shape index (κ1) is 19.9. The van der Waals surface area contributed by atoms with Crippen molar-refractivity contribution in [1.29, 1.82) is 0 Å². The molecule has 0 saturated heterocycles. The molecule has 1 aliphatic rings. The van der Waals surface area contributed by atoms with E-state index >= 15 is 0 Å². The van der Waals surface area contributed by atoms with Gasteiger partial charge in [0, 0.05) is 30.4 Å². The molecular weight excluding hydrogens is 360 g/mol. The average molecular weight is 389 g/mol. The van der Waals surface area contributed by atoms with Gasteiger partial charge in [0.25, 0.3) is 5.91 Å². The van der Waals surface area contributed by atoms with Gasteiger partial charge in [0.1, 0.15) is 5.82 Å². The smallest absolute Gasteiger partial charge is 0.251 e. The molecule has 0 bridgehead atoms. The Hall–Kier alpha value is -1.86. The van der Waals surface area contributed by atoms with Gasteiger partial charge in [-0.25, -0.2) is 0 Å². The Kier molecular flexibility index (Phi) is 6.55. The normalized spacial score (nSPS) is 15.1. The summed E-state index contributed by atoms with van der Waals surface area (Å²) in [6, 6.07) is 8.37. The Morgan fingerprint density at radius 3 is 2.56 bits per heavy atom. The molecule has 1 heterocycles. The van der Waals surface area contributed by atoms with Crippen LogP contribution in [0.2, 0.25) is 0 Å². The second-order valence-electron chi connectivity index (χ2n) is 7.40. The second kappa shape index (κ2) is 8.89. The summed E-state index contributed by atoms with van der Waals surface area (Å²) in [7, 11) is 1.71. The molecule has 1 aromatic carbocycles. The number of nitrogens with one attached hydrogen (secondary N) is 1. The predicted octanol–water partition coefficient (Wildman–Crippen LogP) is 3.79. The fourth-order valence-corrected chi connectivity index (χ4v) is 3.91.